The summed E-state index contributed by atoms with van der Waals surface area (Å²) < 4.78 is 22.5. The first-order valence-electron chi connectivity index (χ1n) is 20.3. The Morgan fingerprint density at radius 2 is 1.75 bits per heavy atom. The Labute approximate surface area is 355 Å². The predicted molar refractivity (Wildman–Crippen MR) is 227 cm³/mol. The van der Waals surface area contributed by atoms with Crippen LogP contribution in [0.15, 0.2) is 64.2 Å². The number of carbonyl (C=O) groups is 6. The Morgan fingerprint density at radius 3 is 2.36 bits per heavy atom. The van der Waals surface area contributed by atoms with Crippen LogP contribution in [0.25, 0.3) is 10.9 Å². The summed E-state index contributed by atoms with van der Waals surface area (Å²) in [6.45, 7) is 5.22. The summed E-state index contributed by atoms with van der Waals surface area (Å²) in [5.41, 5.74) is 5.50. The number of nitrogens with zero attached hydrogens (tertiary/aromatic N) is 3. The summed E-state index contributed by atoms with van der Waals surface area (Å²) in [6.07, 6.45) is 2.71. The zero-order chi connectivity index (χ0) is 43.8. The van der Waals surface area contributed by atoms with Gasteiger partial charge in [0, 0.05) is 68.9 Å². The number of aryl methyl sites for hydroxylation is 1. The normalized spacial score (nSPS) is 15.6. The van der Waals surface area contributed by atoms with Crippen molar-refractivity contribution in [1.29, 1.82) is 0 Å². The molecule has 1 saturated carbocycles. The second kappa shape index (κ2) is 19.4. The van der Waals surface area contributed by atoms with E-state index in [0.717, 1.165) is 18.1 Å². The number of Topliss-reactive ketones (excluding diaryl/α,β-unsaturated/α-hetero) is 1. The van der Waals surface area contributed by atoms with Crippen LogP contribution in [0.1, 0.15) is 79.9 Å². The molecule has 0 radical (unpaired) electrons. The Kier molecular flexibility index (Phi) is 14.1. The minimum absolute atomic E-state index is 0.0251. The van der Waals surface area contributed by atoms with Crippen molar-refractivity contribution in [2.45, 2.75) is 71.6 Å². The second-order valence-corrected chi connectivity index (χ2v) is 16.2. The van der Waals surface area contributed by atoms with E-state index in [1.54, 1.807) is 40.7 Å². The molecule has 6 N–H and O–H groups in total. The molecular formula is C43H50FN7O9S. The van der Waals surface area contributed by atoms with Crippen molar-refractivity contribution in [3.05, 3.63) is 92.2 Å². The van der Waals surface area contributed by atoms with Crippen molar-refractivity contribution in [3.8, 4) is 0 Å². The van der Waals surface area contributed by atoms with Gasteiger partial charge in [0.15, 0.2) is 0 Å². The van der Waals surface area contributed by atoms with E-state index < -0.39 is 52.1 Å². The number of anilines is 2. The zero-order valence-corrected chi connectivity index (χ0v) is 34.9. The van der Waals surface area contributed by atoms with E-state index in [9.17, 15) is 38.7 Å². The fraction of sp³-hybridized carbons (Fsp3) is 0.419. The Balaban J connectivity index is 1.02. The first kappa shape index (κ1) is 44.3. The first-order valence-corrected chi connectivity index (χ1v) is 21.2. The summed E-state index contributed by atoms with van der Waals surface area (Å²) in [4.78, 5) is 92.8. The number of benzene rings is 2. The topological polar surface area (TPSA) is 222 Å². The number of nitrogens with two attached hydrogens (primary N) is 1. The first-order chi connectivity index (χ1) is 29.2. The highest BCUT2D eigenvalue weighted by Crippen LogP contribution is 2.44. The van der Waals surface area contributed by atoms with Gasteiger partial charge >= 0.3 is 18.1 Å². The SMILES string of the molecule is CCn1cc(C(=O)O)c(=O)c2cc(F)c(N3CCN(C(=O)OCc4ccc(NC(=O)[C@H](CCCNC(N)=O)CC(=O)C5(C(=O)N[C@H](C)c6ccsc6)CCC5)cc4)CC3)cc21. The van der Waals surface area contributed by atoms with E-state index in [0.29, 0.717) is 42.6 Å². The van der Waals surface area contributed by atoms with Gasteiger partial charge in [-0.15, -0.1) is 0 Å². The van der Waals surface area contributed by atoms with E-state index in [1.807, 2.05) is 23.8 Å². The summed E-state index contributed by atoms with van der Waals surface area (Å²) in [6, 6.07) is 10.2. The van der Waals surface area contributed by atoms with E-state index in [-0.39, 0.29) is 81.0 Å². The number of carbonyl (C=O) groups excluding carboxylic acids is 5. The molecule has 1 saturated heterocycles. The number of urea groups is 1. The lowest BCUT2D eigenvalue weighted by atomic mass is 9.63. The highest BCUT2D eigenvalue weighted by Gasteiger charge is 2.51. The van der Waals surface area contributed by atoms with Gasteiger partial charge in [0.05, 0.1) is 17.2 Å². The number of hydrogen-bond acceptors (Lipinski definition) is 10. The van der Waals surface area contributed by atoms with Crippen LogP contribution in [-0.4, -0.2) is 83.0 Å². The zero-order valence-electron chi connectivity index (χ0n) is 34.0. The average Bonchev–Trinajstić information content (AvgIpc) is 3.77. The van der Waals surface area contributed by atoms with Crippen molar-refractivity contribution in [2.24, 2.45) is 17.1 Å². The van der Waals surface area contributed by atoms with Crippen molar-refractivity contribution in [1.82, 2.24) is 20.1 Å². The number of hydrogen-bond donors (Lipinski definition) is 5. The van der Waals surface area contributed by atoms with E-state index in [2.05, 4.69) is 16.0 Å². The molecule has 2 aromatic carbocycles. The second-order valence-electron chi connectivity index (χ2n) is 15.4. The van der Waals surface area contributed by atoms with Crippen LogP contribution < -0.4 is 32.0 Å². The van der Waals surface area contributed by atoms with Crippen molar-refractivity contribution in [3.63, 3.8) is 0 Å². The molecule has 1 aliphatic heterocycles. The fourth-order valence-corrected chi connectivity index (χ4v) is 8.51. The minimum atomic E-state index is -1.39. The molecule has 4 aromatic rings. The van der Waals surface area contributed by atoms with Gasteiger partial charge in [-0.2, -0.15) is 11.3 Å². The lowest BCUT2D eigenvalue weighted by Crippen LogP contribution is -2.52. The summed E-state index contributed by atoms with van der Waals surface area (Å²) >= 11 is 1.52. The number of ether oxygens (including phenoxy) is 1. The molecule has 2 atom stereocenters. The van der Waals surface area contributed by atoms with Crippen LogP contribution in [0, 0.1) is 17.2 Å². The molecule has 5 amide bonds. The molecule has 2 aliphatic rings. The molecule has 6 rings (SSSR count). The number of amides is 5. The molecule has 324 valence electrons. The molecule has 3 heterocycles. The van der Waals surface area contributed by atoms with Gasteiger partial charge in [0.1, 0.15) is 29.2 Å². The van der Waals surface area contributed by atoms with E-state index in [1.165, 1.54) is 28.5 Å². The number of rotatable bonds is 17. The summed E-state index contributed by atoms with van der Waals surface area (Å²) in [5, 5.41) is 21.6. The molecule has 0 bridgehead atoms. The Bertz CT molecular complexity index is 2340. The molecule has 18 heteroatoms. The number of aromatic carboxylic acids is 1. The lowest BCUT2D eigenvalue weighted by molar-refractivity contribution is -0.150. The maximum atomic E-state index is 15.3. The van der Waals surface area contributed by atoms with Crippen molar-refractivity contribution >= 4 is 69.3 Å². The average molecular weight is 860 g/mol. The maximum Gasteiger partial charge on any atom is 0.410 e. The van der Waals surface area contributed by atoms with Crippen LogP contribution in [-0.2, 0) is 32.3 Å². The number of halogens is 1. The molecule has 0 unspecified atom stereocenters. The van der Waals surface area contributed by atoms with Crippen LogP contribution in [0.4, 0.5) is 25.4 Å². The number of piperazine rings is 1. The van der Waals surface area contributed by atoms with Gasteiger partial charge in [0.2, 0.25) is 17.2 Å². The maximum absolute atomic E-state index is 15.3. The minimum Gasteiger partial charge on any atom is -0.477 e. The van der Waals surface area contributed by atoms with Crippen LogP contribution >= 0.6 is 11.3 Å². The van der Waals surface area contributed by atoms with Gasteiger partial charge in [-0.05, 0) is 91.7 Å². The van der Waals surface area contributed by atoms with Crippen LogP contribution in [0.5, 0.6) is 0 Å². The standard InChI is InChI=1S/C43H50FN7O9S/c1-3-49-23-32(39(55)56)37(53)31-21-33(44)35(22-34(31)49)50-15-17-51(18-16-50)42(59)60-24-27-7-9-30(10-8-27)48-38(54)28(6-4-14-46-41(45)58)20-36(52)43(12-5-13-43)40(57)47-26(2)29-11-19-61-25-29/h7-11,19,21-23,25-26,28H,3-6,12-18,20,24H2,1-2H3,(H,47,57)(H,48,54)(H,55,56)(H3,45,46,58)/t26-,28-/m1/s1. The highest BCUT2D eigenvalue weighted by molar-refractivity contribution is 7.08. The molecule has 2 fully saturated rings. The third-order valence-corrected chi connectivity index (χ3v) is 12.3. The van der Waals surface area contributed by atoms with Crippen molar-refractivity contribution in [2.75, 3.05) is 42.9 Å². The number of carboxylic acids is 1. The monoisotopic (exact) mass is 859 g/mol. The molecular weight excluding hydrogens is 810 g/mol. The molecule has 61 heavy (non-hydrogen) atoms. The molecule has 1 aliphatic carbocycles. The third kappa shape index (κ3) is 10.2. The number of aromatic nitrogens is 1. The van der Waals surface area contributed by atoms with Gasteiger partial charge < -0.3 is 45.9 Å². The quantitative estimate of drug-likeness (QED) is 0.0673. The Morgan fingerprint density at radius 1 is 1.03 bits per heavy atom. The van der Waals surface area contributed by atoms with Gasteiger partial charge in [-0.1, -0.05) is 18.6 Å². The number of nitrogens with one attached hydrogen (secondary N) is 3. The number of fused-ring (bicyclic) bond motifs is 1. The number of ketones is 1. The third-order valence-electron chi connectivity index (χ3n) is 11.6. The fourth-order valence-electron chi connectivity index (χ4n) is 7.76. The largest absolute Gasteiger partial charge is 0.477 e. The number of pyridine rings is 1. The Hall–Kier alpha value is -6.30. The number of primary amides is 1. The highest BCUT2D eigenvalue weighted by atomic mass is 32.1. The number of thiophene rings is 1. The molecule has 16 nitrogen and oxygen atoms in total. The van der Waals surface area contributed by atoms with Crippen molar-refractivity contribution < 1.29 is 43.0 Å². The lowest BCUT2D eigenvalue weighted by Gasteiger charge is -2.40. The number of carboxylic acid groups (broad SMARTS) is 1. The van der Waals surface area contributed by atoms with Crippen LogP contribution in [0.2, 0.25) is 0 Å². The van der Waals surface area contributed by atoms with E-state index >= 15 is 4.39 Å². The molecule has 2 aromatic heterocycles. The predicted octanol–water partition coefficient (Wildman–Crippen LogP) is 5.39. The smallest absolute Gasteiger partial charge is 0.410 e. The molecule has 0 spiro atoms. The summed E-state index contributed by atoms with van der Waals surface area (Å²) in [5.74, 6) is -3.89. The van der Waals surface area contributed by atoms with Gasteiger partial charge in [-0.3, -0.25) is 19.2 Å². The van der Waals surface area contributed by atoms with E-state index in [4.69, 9.17) is 10.5 Å². The van der Waals surface area contributed by atoms with Gasteiger partial charge in [-0.25, -0.2) is 18.8 Å². The van der Waals surface area contributed by atoms with Gasteiger partial charge in [0.25, 0.3) is 0 Å². The van der Waals surface area contributed by atoms with Crippen LogP contribution in [0.3, 0.4) is 0 Å². The summed E-state index contributed by atoms with van der Waals surface area (Å²) in [7, 11) is 0.